The lowest BCUT2D eigenvalue weighted by Gasteiger charge is -2.19. The van der Waals surface area contributed by atoms with Gasteiger partial charge < -0.3 is 10.5 Å². The van der Waals surface area contributed by atoms with Crippen LogP contribution in [0.5, 0.6) is 5.88 Å². The summed E-state index contributed by atoms with van der Waals surface area (Å²) < 4.78 is 21.9. The number of nitriles is 1. The Morgan fingerprint density at radius 1 is 1.26 bits per heavy atom. The van der Waals surface area contributed by atoms with Crippen LogP contribution in [0.25, 0.3) is 17.1 Å². The molecule has 0 bridgehead atoms. The van der Waals surface area contributed by atoms with Gasteiger partial charge in [-0.2, -0.15) is 10.2 Å². The normalized spacial score (nSPS) is 14.0. The Morgan fingerprint density at radius 3 is 2.59 bits per heavy atom. The Kier molecular flexibility index (Phi) is 7.09. The molecule has 0 unspecified atom stereocenters. The topological polar surface area (TPSA) is 93.9 Å². The Balaban J connectivity index is 1.82. The molecule has 3 aromatic rings. The van der Waals surface area contributed by atoms with Crippen LogP contribution in [0.4, 0.5) is 4.39 Å². The maximum absolute atomic E-state index is 14.5. The summed E-state index contributed by atoms with van der Waals surface area (Å²) in [5, 5.41) is 9.11. The first-order valence-electron chi connectivity index (χ1n) is 11.7. The molecule has 0 radical (unpaired) electrons. The van der Waals surface area contributed by atoms with Crippen molar-refractivity contribution >= 4 is 0 Å². The Labute approximate surface area is 198 Å². The molecular formula is C27H29FN4O2. The van der Waals surface area contributed by atoms with E-state index in [4.69, 9.17) is 15.7 Å². The minimum absolute atomic E-state index is 0.0691. The van der Waals surface area contributed by atoms with Crippen LogP contribution >= 0.6 is 0 Å². The maximum atomic E-state index is 14.5. The number of aromatic nitrogens is 2. The van der Waals surface area contributed by atoms with E-state index < -0.39 is 5.82 Å². The SMILES string of the molecule is CCC[C@H](CN)COc1nc(-c2ccc(C#N)c(F)c2)n(-c2ccc(C3CC3)cc2)c(=O)c1C. The van der Waals surface area contributed by atoms with E-state index in [1.54, 1.807) is 13.0 Å². The molecule has 1 saturated carbocycles. The molecular weight excluding hydrogens is 431 g/mol. The highest BCUT2D eigenvalue weighted by atomic mass is 19.1. The molecule has 1 aromatic heterocycles. The Hall–Kier alpha value is -3.50. The van der Waals surface area contributed by atoms with Crippen molar-refractivity contribution in [2.45, 2.75) is 45.4 Å². The number of benzene rings is 2. The second-order valence-electron chi connectivity index (χ2n) is 8.88. The standard InChI is InChI=1S/C27H29FN4O2/c1-3-4-18(14-29)16-34-26-17(2)27(33)32(23-11-9-20(10-12-23)19-5-6-19)25(31-26)21-7-8-22(15-30)24(28)13-21/h7-13,18-19H,3-6,14,16,29H2,1-2H3/t18-/m1/s1. The first kappa shape index (κ1) is 23.7. The molecule has 7 heteroatoms. The van der Waals surface area contributed by atoms with Gasteiger partial charge in [0.1, 0.15) is 11.9 Å². The molecule has 1 atom stereocenters. The number of ether oxygens (including phenoxy) is 1. The third-order valence-electron chi connectivity index (χ3n) is 6.30. The maximum Gasteiger partial charge on any atom is 0.265 e. The van der Waals surface area contributed by atoms with Crippen LogP contribution in [0, 0.1) is 30.0 Å². The summed E-state index contributed by atoms with van der Waals surface area (Å²) in [7, 11) is 0. The second-order valence-corrected chi connectivity index (χ2v) is 8.88. The van der Waals surface area contributed by atoms with Crippen LogP contribution in [0.3, 0.4) is 0 Å². The highest BCUT2D eigenvalue weighted by molar-refractivity contribution is 5.61. The van der Waals surface area contributed by atoms with Gasteiger partial charge in [-0.05, 0) is 74.5 Å². The first-order valence-corrected chi connectivity index (χ1v) is 11.7. The quantitative estimate of drug-likeness (QED) is 0.493. The average Bonchev–Trinajstić information content (AvgIpc) is 3.69. The van der Waals surface area contributed by atoms with Crippen LogP contribution < -0.4 is 16.0 Å². The lowest BCUT2D eigenvalue weighted by molar-refractivity contribution is 0.233. The minimum Gasteiger partial charge on any atom is -0.477 e. The predicted molar refractivity (Wildman–Crippen MR) is 130 cm³/mol. The molecule has 4 rings (SSSR count). The van der Waals surface area contributed by atoms with Crippen molar-refractivity contribution in [2.75, 3.05) is 13.2 Å². The first-order chi connectivity index (χ1) is 16.5. The van der Waals surface area contributed by atoms with E-state index in [9.17, 15) is 9.18 Å². The molecule has 0 amide bonds. The molecule has 1 aliphatic rings. The summed E-state index contributed by atoms with van der Waals surface area (Å²) in [6.07, 6.45) is 4.26. The fourth-order valence-corrected chi connectivity index (χ4v) is 4.09. The summed E-state index contributed by atoms with van der Waals surface area (Å²) in [4.78, 5) is 18.2. The van der Waals surface area contributed by atoms with E-state index in [-0.39, 0.29) is 28.7 Å². The lowest BCUT2D eigenvalue weighted by Crippen LogP contribution is -2.27. The van der Waals surface area contributed by atoms with Crippen molar-refractivity contribution in [2.24, 2.45) is 11.7 Å². The van der Waals surface area contributed by atoms with Crippen molar-refractivity contribution in [1.82, 2.24) is 9.55 Å². The second kappa shape index (κ2) is 10.2. The number of rotatable bonds is 9. The smallest absolute Gasteiger partial charge is 0.265 e. The van der Waals surface area contributed by atoms with Gasteiger partial charge >= 0.3 is 0 Å². The lowest BCUT2D eigenvalue weighted by atomic mass is 10.1. The van der Waals surface area contributed by atoms with Gasteiger partial charge in [0.15, 0.2) is 5.82 Å². The van der Waals surface area contributed by atoms with Gasteiger partial charge in [0.05, 0.1) is 23.4 Å². The Bertz CT molecular complexity index is 1270. The number of nitrogens with zero attached hydrogens (tertiary/aromatic N) is 3. The molecule has 0 spiro atoms. The molecule has 176 valence electrons. The molecule has 1 heterocycles. The molecule has 0 saturated heterocycles. The largest absolute Gasteiger partial charge is 0.477 e. The number of hydrogen-bond acceptors (Lipinski definition) is 5. The van der Waals surface area contributed by atoms with Crippen molar-refractivity contribution in [1.29, 1.82) is 5.26 Å². The molecule has 0 aliphatic heterocycles. The third kappa shape index (κ3) is 4.87. The number of nitrogens with two attached hydrogens (primary N) is 1. The molecule has 1 aliphatic carbocycles. The van der Waals surface area contributed by atoms with Crippen LogP contribution in [-0.2, 0) is 0 Å². The van der Waals surface area contributed by atoms with Gasteiger partial charge in [-0.1, -0.05) is 25.5 Å². The van der Waals surface area contributed by atoms with E-state index in [0.717, 1.165) is 12.8 Å². The van der Waals surface area contributed by atoms with E-state index in [2.05, 4.69) is 11.9 Å². The van der Waals surface area contributed by atoms with Crippen molar-refractivity contribution in [3.63, 3.8) is 0 Å². The molecule has 2 aromatic carbocycles. The van der Waals surface area contributed by atoms with Crippen molar-refractivity contribution in [3.05, 3.63) is 75.3 Å². The van der Waals surface area contributed by atoms with E-state index in [0.29, 0.717) is 35.9 Å². The Morgan fingerprint density at radius 2 is 2.00 bits per heavy atom. The van der Waals surface area contributed by atoms with Crippen LogP contribution in [-0.4, -0.2) is 22.7 Å². The molecule has 2 N–H and O–H groups in total. The highest BCUT2D eigenvalue weighted by Crippen LogP contribution is 2.40. The van der Waals surface area contributed by atoms with Gasteiger partial charge in [0.25, 0.3) is 5.56 Å². The summed E-state index contributed by atoms with van der Waals surface area (Å²) in [6.45, 7) is 4.59. The van der Waals surface area contributed by atoms with Crippen LogP contribution in [0.2, 0.25) is 0 Å². The minimum atomic E-state index is -0.668. The molecule has 1 fully saturated rings. The number of hydrogen-bond donors (Lipinski definition) is 1. The van der Waals surface area contributed by atoms with Crippen molar-refractivity contribution in [3.8, 4) is 29.0 Å². The molecule has 34 heavy (non-hydrogen) atoms. The zero-order valence-electron chi connectivity index (χ0n) is 19.6. The zero-order valence-corrected chi connectivity index (χ0v) is 19.6. The van der Waals surface area contributed by atoms with Gasteiger partial charge in [-0.3, -0.25) is 9.36 Å². The van der Waals surface area contributed by atoms with Crippen LogP contribution in [0.1, 0.15) is 55.2 Å². The highest BCUT2D eigenvalue weighted by Gasteiger charge is 2.24. The fraction of sp³-hybridized carbons (Fsp3) is 0.370. The summed E-state index contributed by atoms with van der Waals surface area (Å²) in [5.74, 6) is 0.545. The predicted octanol–water partition coefficient (Wildman–Crippen LogP) is 4.85. The van der Waals surface area contributed by atoms with Gasteiger partial charge in [-0.15, -0.1) is 0 Å². The average molecular weight is 461 g/mol. The third-order valence-corrected chi connectivity index (χ3v) is 6.30. The summed E-state index contributed by atoms with van der Waals surface area (Å²) in [6, 6.07) is 13.9. The van der Waals surface area contributed by atoms with Gasteiger partial charge in [0.2, 0.25) is 5.88 Å². The van der Waals surface area contributed by atoms with Crippen LogP contribution in [0.15, 0.2) is 47.3 Å². The monoisotopic (exact) mass is 460 g/mol. The van der Waals surface area contributed by atoms with E-state index >= 15 is 0 Å². The van der Waals surface area contributed by atoms with Gasteiger partial charge in [0, 0.05) is 11.5 Å². The number of halogens is 1. The van der Waals surface area contributed by atoms with E-state index in [1.165, 1.54) is 35.1 Å². The summed E-state index contributed by atoms with van der Waals surface area (Å²) in [5.41, 5.74) is 8.14. The van der Waals surface area contributed by atoms with Gasteiger partial charge in [-0.25, -0.2) is 4.39 Å². The fourth-order valence-electron chi connectivity index (χ4n) is 4.09. The summed E-state index contributed by atoms with van der Waals surface area (Å²) >= 11 is 0. The van der Waals surface area contributed by atoms with Crippen molar-refractivity contribution < 1.29 is 9.13 Å². The zero-order chi connectivity index (χ0) is 24.2. The van der Waals surface area contributed by atoms with E-state index in [1.807, 2.05) is 30.3 Å². The molecule has 6 nitrogen and oxygen atoms in total.